The van der Waals surface area contributed by atoms with Crippen molar-refractivity contribution < 1.29 is 18.0 Å². The topological polar surface area (TPSA) is 59.8 Å². The van der Waals surface area contributed by atoms with E-state index in [9.17, 15) is 18.0 Å². The molecule has 0 saturated carbocycles. The zero-order valence-corrected chi connectivity index (χ0v) is 20.2. The number of amides is 1. The van der Waals surface area contributed by atoms with Crippen LogP contribution in [0.15, 0.2) is 82.4 Å². The fourth-order valence-corrected chi connectivity index (χ4v) is 4.35. The molecule has 4 aromatic rings. The number of hydrogen-bond donors (Lipinski definition) is 1. The van der Waals surface area contributed by atoms with Gasteiger partial charge in [0.25, 0.3) is 0 Å². The first-order valence-electron chi connectivity index (χ1n) is 10.1. The number of carbonyl (C=O) groups excluding carboxylic acids is 1. The van der Waals surface area contributed by atoms with Crippen molar-refractivity contribution in [3.05, 3.63) is 88.4 Å². The molecule has 0 bridgehead atoms. The summed E-state index contributed by atoms with van der Waals surface area (Å²) in [4.78, 5) is 12.6. The molecule has 1 N–H and O–H groups in total. The second-order valence-electron chi connectivity index (χ2n) is 7.37. The second-order valence-corrected chi connectivity index (χ2v) is 9.23. The highest BCUT2D eigenvalue weighted by Crippen LogP contribution is 2.37. The molecular weight excluding hydrogens is 529 g/mol. The van der Waals surface area contributed by atoms with Crippen molar-refractivity contribution in [2.45, 2.75) is 18.3 Å². The Kier molecular flexibility index (Phi) is 7.08. The first-order chi connectivity index (χ1) is 16.2. The Labute approximate surface area is 206 Å². The Morgan fingerprint density at radius 2 is 1.74 bits per heavy atom. The average molecular weight is 547 g/mol. The van der Waals surface area contributed by atoms with Crippen LogP contribution in [0.5, 0.6) is 0 Å². The van der Waals surface area contributed by atoms with Gasteiger partial charge in [-0.25, -0.2) is 0 Å². The molecule has 0 aliphatic rings. The van der Waals surface area contributed by atoms with Gasteiger partial charge in [0.05, 0.1) is 17.0 Å². The number of hydrogen-bond acceptors (Lipinski definition) is 4. The minimum atomic E-state index is -4.60. The molecule has 1 amide bonds. The summed E-state index contributed by atoms with van der Waals surface area (Å²) in [7, 11) is 0. The normalized spacial score (nSPS) is 11.4. The zero-order chi connectivity index (χ0) is 24.3. The van der Waals surface area contributed by atoms with Crippen molar-refractivity contribution in [2.75, 3.05) is 11.1 Å². The van der Waals surface area contributed by atoms with Gasteiger partial charge in [0, 0.05) is 15.7 Å². The van der Waals surface area contributed by atoms with Crippen molar-refractivity contribution in [3.8, 4) is 17.1 Å². The predicted octanol–water partition coefficient (Wildman–Crippen LogP) is 6.75. The van der Waals surface area contributed by atoms with Gasteiger partial charge in [0.2, 0.25) is 5.91 Å². The molecule has 0 spiro atoms. The number of nitrogens with zero attached hydrogens (tertiary/aromatic N) is 3. The molecule has 0 radical (unpaired) electrons. The maximum Gasteiger partial charge on any atom is 0.418 e. The number of aromatic nitrogens is 3. The third-order valence-electron chi connectivity index (χ3n) is 4.85. The van der Waals surface area contributed by atoms with E-state index >= 15 is 0 Å². The molecule has 0 aliphatic carbocycles. The van der Waals surface area contributed by atoms with Crippen LogP contribution in [0.4, 0.5) is 18.9 Å². The van der Waals surface area contributed by atoms with Crippen molar-refractivity contribution in [1.82, 2.24) is 14.8 Å². The van der Waals surface area contributed by atoms with E-state index < -0.39 is 17.6 Å². The van der Waals surface area contributed by atoms with Crippen LogP contribution in [0.3, 0.4) is 0 Å². The van der Waals surface area contributed by atoms with Crippen LogP contribution in [-0.4, -0.2) is 26.4 Å². The summed E-state index contributed by atoms with van der Waals surface area (Å²) in [5.41, 5.74) is 1.52. The summed E-state index contributed by atoms with van der Waals surface area (Å²) in [5, 5.41) is 11.4. The molecule has 174 valence electrons. The monoisotopic (exact) mass is 546 g/mol. The molecule has 0 unspecified atom stereocenters. The number of carbonyl (C=O) groups is 1. The Balaban J connectivity index is 1.59. The number of anilines is 1. The summed E-state index contributed by atoms with van der Waals surface area (Å²) in [6.07, 6.45) is -4.60. The smallest absolute Gasteiger partial charge is 0.325 e. The lowest BCUT2D eigenvalue weighted by Gasteiger charge is -2.14. The van der Waals surface area contributed by atoms with E-state index in [4.69, 9.17) is 0 Å². The third kappa shape index (κ3) is 5.51. The van der Waals surface area contributed by atoms with Gasteiger partial charge < -0.3 is 5.32 Å². The van der Waals surface area contributed by atoms with E-state index in [1.54, 1.807) is 0 Å². The summed E-state index contributed by atoms with van der Waals surface area (Å²) in [6.45, 7) is 1.98. The standard InChI is InChI=1S/C24H18BrF3N4OS/c1-15-7-10-18(11-8-15)32-22(16-5-3-2-4-6-16)30-31-23(32)34-14-21(33)29-20-12-9-17(25)13-19(20)24(26,27)28/h2-13H,14H2,1H3,(H,29,33). The van der Waals surface area contributed by atoms with Crippen molar-refractivity contribution in [1.29, 1.82) is 0 Å². The summed E-state index contributed by atoms with van der Waals surface area (Å²) in [5.74, 6) is -0.135. The lowest BCUT2D eigenvalue weighted by molar-refractivity contribution is -0.137. The molecule has 0 saturated heterocycles. The Bertz CT molecular complexity index is 1310. The van der Waals surface area contributed by atoms with Gasteiger partial charge >= 0.3 is 6.18 Å². The molecule has 4 rings (SSSR count). The van der Waals surface area contributed by atoms with Crippen LogP contribution >= 0.6 is 27.7 Å². The Morgan fingerprint density at radius 3 is 2.41 bits per heavy atom. The fraction of sp³-hybridized carbons (Fsp3) is 0.125. The minimum Gasteiger partial charge on any atom is -0.325 e. The van der Waals surface area contributed by atoms with Gasteiger partial charge in [0.15, 0.2) is 11.0 Å². The van der Waals surface area contributed by atoms with Gasteiger partial charge in [-0.2, -0.15) is 13.2 Å². The maximum absolute atomic E-state index is 13.4. The van der Waals surface area contributed by atoms with Gasteiger partial charge in [0.1, 0.15) is 0 Å². The summed E-state index contributed by atoms with van der Waals surface area (Å²) in [6, 6.07) is 20.8. The number of benzene rings is 3. The SMILES string of the molecule is Cc1ccc(-n2c(SCC(=O)Nc3ccc(Br)cc3C(F)(F)F)nnc2-c2ccccc2)cc1. The molecule has 0 fully saturated rings. The van der Waals surface area contributed by atoms with Crippen molar-refractivity contribution >= 4 is 39.3 Å². The molecule has 34 heavy (non-hydrogen) atoms. The van der Waals surface area contributed by atoms with Crippen molar-refractivity contribution in [2.24, 2.45) is 0 Å². The highest BCUT2D eigenvalue weighted by atomic mass is 79.9. The number of rotatable bonds is 6. The number of nitrogens with one attached hydrogen (secondary N) is 1. The van der Waals surface area contributed by atoms with E-state index in [0.29, 0.717) is 11.0 Å². The molecule has 5 nitrogen and oxygen atoms in total. The van der Waals surface area contributed by atoms with E-state index in [-0.39, 0.29) is 15.9 Å². The summed E-state index contributed by atoms with van der Waals surface area (Å²) >= 11 is 4.13. The van der Waals surface area contributed by atoms with Crippen LogP contribution in [0.25, 0.3) is 17.1 Å². The molecule has 1 heterocycles. The van der Waals surface area contributed by atoms with E-state index in [2.05, 4.69) is 31.4 Å². The molecular formula is C24H18BrF3N4OS. The highest BCUT2D eigenvalue weighted by Gasteiger charge is 2.34. The largest absolute Gasteiger partial charge is 0.418 e. The zero-order valence-electron chi connectivity index (χ0n) is 17.8. The van der Waals surface area contributed by atoms with Crippen LogP contribution in [-0.2, 0) is 11.0 Å². The van der Waals surface area contributed by atoms with E-state index in [1.165, 1.54) is 12.1 Å². The first kappa shape index (κ1) is 24.0. The maximum atomic E-state index is 13.4. The molecule has 10 heteroatoms. The van der Waals surface area contributed by atoms with E-state index in [1.807, 2.05) is 66.1 Å². The van der Waals surface area contributed by atoms with Gasteiger partial charge in [-0.3, -0.25) is 9.36 Å². The van der Waals surface area contributed by atoms with Crippen LogP contribution in [0.1, 0.15) is 11.1 Å². The predicted molar refractivity (Wildman–Crippen MR) is 130 cm³/mol. The second kappa shape index (κ2) is 10.0. The fourth-order valence-electron chi connectivity index (χ4n) is 3.24. The third-order valence-corrected chi connectivity index (χ3v) is 6.27. The van der Waals surface area contributed by atoms with E-state index in [0.717, 1.165) is 34.6 Å². The molecule has 0 atom stereocenters. The average Bonchev–Trinajstić information content (AvgIpc) is 3.23. The lowest BCUT2D eigenvalue weighted by Crippen LogP contribution is -2.18. The quantitative estimate of drug-likeness (QED) is 0.271. The first-order valence-corrected chi connectivity index (χ1v) is 11.9. The van der Waals surface area contributed by atoms with Crippen molar-refractivity contribution in [3.63, 3.8) is 0 Å². The van der Waals surface area contributed by atoms with Gasteiger partial charge in [-0.15, -0.1) is 10.2 Å². The van der Waals surface area contributed by atoms with Crippen LogP contribution in [0, 0.1) is 6.92 Å². The highest BCUT2D eigenvalue weighted by molar-refractivity contribution is 9.10. The molecule has 3 aromatic carbocycles. The summed E-state index contributed by atoms with van der Waals surface area (Å²) < 4.78 is 42.2. The Morgan fingerprint density at radius 1 is 1.03 bits per heavy atom. The number of thioether (sulfide) groups is 1. The number of alkyl halides is 3. The van der Waals surface area contributed by atoms with Gasteiger partial charge in [-0.05, 0) is 37.3 Å². The molecule has 1 aromatic heterocycles. The van der Waals surface area contributed by atoms with Crippen LogP contribution in [0.2, 0.25) is 0 Å². The molecule has 0 aliphatic heterocycles. The van der Waals surface area contributed by atoms with Crippen LogP contribution < -0.4 is 5.32 Å². The number of halogens is 4. The van der Waals surface area contributed by atoms with Gasteiger partial charge in [-0.1, -0.05) is 75.7 Å². The Hall–Kier alpha value is -3.11. The minimum absolute atomic E-state index is 0.147. The lowest BCUT2D eigenvalue weighted by atomic mass is 10.1. The number of aryl methyl sites for hydroxylation is 1.